The summed E-state index contributed by atoms with van der Waals surface area (Å²) in [5, 5.41) is 8.07. The van der Waals surface area contributed by atoms with Crippen LogP contribution in [-0.4, -0.2) is 27.4 Å². The fourth-order valence-electron chi connectivity index (χ4n) is 2.72. The first kappa shape index (κ1) is 22.1. The maximum absolute atomic E-state index is 12.6. The molecule has 2 aromatic carbocycles. The Hall–Kier alpha value is -3.63. The van der Waals surface area contributed by atoms with Crippen LogP contribution in [0.4, 0.5) is 16.2 Å². The minimum Gasteiger partial charge on any atom is -0.467 e. The predicted octanol–water partition coefficient (Wildman–Crippen LogP) is 3.07. The zero-order valence-corrected chi connectivity index (χ0v) is 17.7. The molecule has 162 valence electrons. The highest BCUT2D eigenvalue weighted by Gasteiger charge is 2.16. The fraction of sp³-hybridized carbons (Fsp3) is 0.143. The standard InChI is InChI=1S/C21H22N4O5S/c1-14-5-10-18(31(28,29)22-2)12-19(14)20(26)24-15-6-8-16(9-7-15)25-21(27)23-13-17-4-3-11-30-17/h3-12,22H,13H2,1-2H3,(H,24,26)(H2,23,25,27). The van der Waals surface area contributed by atoms with E-state index in [2.05, 4.69) is 20.7 Å². The Morgan fingerprint density at radius 2 is 1.65 bits per heavy atom. The molecule has 0 aliphatic rings. The molecule has 0 aliphatic carbocycles. The van der Waals surface area contributed by atoms with E-state index in [1.165, 1.54) is 25.4 Å². The highest BCUT2D eigenvalue weighted by Crippen LogP contribution is 2.19. The smallest absolute Gasteiger partial charge is 0.319 e. The van der Waals surface area contributed by atoms with Crippen LogP contribution in [0.3, 0.4) is 0 Å². The van der Waals surface area contributed by atoms with Gasteiger partial charge in [-0.15, -0.1) is 0 Å². The van der Waals surface area contributed by atoms with Gasteiger partial charge in [0.2, 0.25) is 10.0 Å². The van der Waals surface area contributed by atoms with Crippen LogP contribution < -0.4 is 20.7 Å². The Balaban J connectivity index is 1.62. The second-order valence-corrected chi connectivity index (χ2v) is 8.49. The van der Waals surface area contributed by atoms with Gasteiger partial charge in [0, 0.05) is 16.9 Å². The molecule has 0 fully saturated rings. The summed E-state index contributed by atoms with van der Waals surface area (Å²) >= 11 is 0. The number of nitrogens with one attached hydrogen (secondary N) is 4. The van der Waals surface area contributed by atoms with Crippen molar-refractivity contribution in [1.29, 1.82) is 0 Å². The van der Waals surface area contributed by atoms with E-state index in [1.807, 2.05) is 0 Å². The van der Waals surface area contributed by atoms with Crippen LogP contribution in [0.25, 0.3) is 0 Å². The summed E-state index contributed by atoms with van der Waals surface area (Å²) in [4.78, 5) is 24.6. The van der Waals surface area contributed by atoms with E-state index in [0.29, 0.717) is 22.7 Å². The van der Waals surface area contributed by atoms with Crippen molar-refractivity contribution in [2.45, 2.75) is 18.4 Å². The summed E-state index contributed by atoms with van der Waals surface area (Å²) in [7, 11) is -2.35. The number of benzene rings is 2. The molecule has 0 unspecified atom stereocenters. The van der Waals surface area contributed by atoms with Crippen LogP contribution >= 0.6 is 0 Å². The third-order valence-corrected chi connectivity index (χ3v) is 5.85. The molecule has 0 atom stereocenters. The SMILES string of the molecule is CNS(=O)(=O)c1ccc(C)c(C(=O)Nc2ccc(NC(=O)NCc3ccco3)cc2)c1. The first-order valence-electron chi connectivity index (χ1n) is 9.31. The first-order valence-corrected chi connectivity index (χ1v) is 10.8. The minimum atomic E-state index is -3.66. The lowest BCUT2D eigenvalue weighted by Crippen LogP contribution is -2.27. The van der Waals surface area contributed by atoms with Crippen molar-refractivity contribution in [3.63, 3.8) is 0 Å². The lowest BCUT2D eigenvalue weighted by molar-refractivity contribution is 0.102. The van der Waals surface area contributed by atoms with E-state index in [4.69, 9.17) is 4.42 Å². The molecule has 0 saturated carbocycles. The molecule has 1 heterocycles. The van der Waals surface area contributed by atoms with Crippen LogP contribution in [-0.2, 0) is 16.6 Å². The second-order valence-electron chi connectivity index (χ2n) is 6.60. The Morgan fingerprint density at radius 1 is 0.968 bits per heavy atom. The van der Waals surface area contributed by atoms with Gasteiger partial charge in [0.05, 0.1) is 17.7 Å². The number of anilines is 2. The Morgan fingerprint density at radius 3 is 2.26 bits per heavy atom. The van der Waals surface area contributed by atoms with Crippen molar-refractivity contribution >= 4 is 33.3 Å². The van der Waals surface area contributed by atoms with Gasteiger partial charge in [0.25, 0.3) is 5.91 Å². The zero-order chi connectivity index (χ0) is 22.4. The van der Waals surface area contributed by atoms with E-state index in [0.717, 1.165) is 0 Å². The summed E-state index contributed by atoms with van der Waals surface area (Å²) in [6.07, 6.45) is 1.53. The van der Waals surface area contributed by atoms with Crippen molar-refractivity contribution in [2.75, 3.05) is 17.7 Å². The average Bonchev–Trinajstić information content (AvgIpc) is 3.27. The average molecular weight is 442 g/mol. The van der Waals surface area contributed by atoms with Crippen LogP contribution in [0.1, 0.15) is 21.7 Å². The van der Waals surface area contributed by atoms with Gasteiger partial charge in [-0.25, -0.2) is 17.9 Å². The quantitative estimate of drug-likeness (QED) is 0.447. The van der Waals surface area contributed by atoms with Gasteiger partial charge in [-0.05, 0) is 68.1 Å². The summed E-state index contributed by atoms with van der Waals surface area (Å²) in [5.41, 5.74) is 1.91. The zero-order valence-electron chi connectivity index (χ0n) is 16.9. The number of aryl methyl sites for hydroxylation is 1. The second kappa shape index (κ2) is 9.45. The largest absolute Gasteiger partial charge is 0.467 e. The van der Waals surface area contributed by atoms with E-state index in [1.54, 1.807) is 49.4 Å². The molecule has 1 aromatic heterocycles. The molecule has 3 aromatic rings. The summed E-state index contributed by atoms with van der Waals surface area (Å²) in [6, 6.07) is 14.0. The molecule has 4 N–H and O–H groups in total. The third-order valence-electron chi connectivity index (χ3n) is 4.44. The van der Waals surface area contributed by atoms with E-state index < -0.39 is 22.0 Å². The number of urea groups is 1. The Labute approximate surface area is 179 Å². The van der Waals surface area contributed by atoms with Crippen LogP contribution in [0.5, 0.6) is 0 Å². The maximum atomic E-state index is 12.6. The van der Waals surface area contributed by atoms with Crippen LogP contribution in [0.15, 0.2) is 70.2 Å². The maximum Gasteiger partial charge on any atom is 0.319 e. The molecule has 0 aliphatic heterocycles. The monoisotopic (exact) mass is 442 g/mol. The van der Waals surface area contributed by atoms with Gasteiger partial charge in [-0.3, -0.25) is 4.79 Å². The number of carbonyl (C=O) groups is 2. The third kappa shape index (κ3) is 5.71. The van der Waals surface area contributed by atoms with Crippen molar-refractivity contribution in [3.05, 3.63) is 77.7 Å². The van der Waals surface area contributed by atoms with Crippen LogP contribution in [0, 0.1) is 6.92 Å². The summed E-state index contributed by atoms with van der Waals surface area (Å²) < 4.78 is 31.4. The summed E-state index contributed by atoms with van der Waals surface area (Å²) in [5.74, 6) is 0.192. The predicted molar refractivity (Wildman–Crippen MR) is 116 cm³/mol. The fourth-order valence-corrected chi connectivity index (χ4v) is 3.48. The molecule has 0 saturated heterocycles. The van der Waals surface area contributed by atoms with Crippen molar-refractivity contribution in [2.24, 2.45) is 0 Å². The lowest BCUT2D eigenvalue weighted by Gasteiger charge is -2.11. The van der Waals surface area contributed by atoms with Gasteiger partial charge >= 0.3 is 6.03 Å². The van der Waals surface area contributed by atoms with E-state index in [9.17, 15) is 18.0 Å². The van der Waals surface area contributed by atoms with Crippen molar-refractivity contribution < 1.29 is 22.4 Å². The van der Waals surface area contributed by atoms with Gasteiger partial charge in [-0.1, -0.05) is 6.07 Å². The molecule has 3 rings (SSSR count). The molecule has 0 bridgehead atoms. The molecule has 9 nitrogen and oxygen atoms in total. The highest BCUT2D eigenvalue weighted by atomic mass is 32.2. The highest BCUT2D eigenvalue weighted by molar-refractivity contribution is 7.89. The number of amides is 3. The van der Waals surface area contributed by atoms with Gasteiger partial charge in [0.15, 0.2) is 0 Å². The van der Waals surface area contributed by atoms with Gasteiger partial charge in [-0.2, -0.15) is 0 Å². The number of furan rings is 1. The van der Waals surface area contributed by atoms with Crippen LogP contribution in [0.2, 0.25) is 0 Å². The molecule has 3 amide bonds. The van der Waals surface area contributed by atoms with Crippen molar-refractivity contribution in [1.82, 2.24) is 10.0 Å². The number of sulfonamides is 1. The minimum absolute atomic E-state index is 0.00542. The molecule has 31 heavy (non-hydrogen) atoms. The first-order chi connectivity index (χ1) is 14.8. The van der Waals surface area contributed by atoms with Gasteiger partial charge in [0.1, 0.15) is 5.76 Å². The normalized spacial score (nSPS) is 11.0. The topological polar surface area (TPSA) is 130 Å². The van der Waals surface area contributed by atoms with Gasteiger partial charge < -0.3 is 20.4 Å². The number of carbonyl (C=O) groups excluding carboxylic acids is 2. The van der Waals surface area contributed by atoms with E-state index >= 15 is 0 Å². The number of hydrogen-bond acceptors (Lipinski definition) is 5. The summed E-state index contributed by atoms with van der Waals surface area (Å²) in [6.45, 7) is 1.98. The number of hydrogen-bond donors (Lipinski definition) is 4. The number of rotatable bonds is 7. The Kier molecular flexibility index (Phi) is 6.73. The molecule has 10 heteroatoms. The Bertz CT molecular complexity index is 1170. The molecule has 0 radical (unpaired) electrons. The molecular formula is C21H22N4O5S. The molecule has 0 spiro atoms. The molecular weight excluding hydrogens is 420 g/mol. The van der Waals surface area contributed by atoms with Crippen molar-refractivity contribution in [3.8, 4) is 0 Å². The lowest BCUT2D eigenvalue weighted by atomic mass is 10.1. The van der Waals surface area contributed by atoms with E-state index in [-0.39, 0.29) is 17.0 Å².